The minimum Gasteiger partial charge on any atom is -0.340 e. The molecule has 0 saturated heterocycles. The zero-order chi connectivity index (χ0) is 11.5. The molecule has 0 fully saturated rings. The summed E-state index contributed by atoms with van der Waals surface area (Å²) in [6.45, 7) is 6.50. The summed E-state index contributed by atoms with van der Waals surface area (Å²) in [5, 5.41) is 10.1. The molecule has 0 radical (unpaired) electrons. The van der Waals surface area contributed by atoms with Crippen molar-refractivity contribution in [2.45, 2.75) is 26.7 Å². The van der Waals surface area contributed by atoms with Crippen LogP contribution in [0.2, 0.25) is 0 Å². The van der Waals surface area contributed by atoms with Gasteiger partial charge in [0.05, 0.1) is 6.20 Å². The molecule has 0 spiro atoms. The summed E-state index contributed by atoms with van der Waals surface area (Å²) in [6, 6.07) is 8.44. The molecule has 0 atom stereocenters. The Morgan fingerprint density at radius 1 is 1.24 bits per heavy atom. The molecule has 2 aromatic rings. The lowest BCUT2D eigenvalue weighted by Gasteiger charge is -2.12. The minimum atomic E-state index is 0. The van der Waals surface area contributed by atoms with Gasteiger partial charge < -0.3 is 5.32 Å². The van der Waals surface area contributed by atoms with Crippen LogP contribution in [-0.4, -0.2) is 10.2 Å². The third-order valence-electron chi connectivity index (χ3n) is 2.70. The van der Waals surface area contributed by atoms with E-state index in [1.165, 1.54) is 11.1 Å². The van der Waals surface area contributed by atoms with E-state index in [1.54, 1.807) is 6.20 Å². The number of aryl methyl sites for hydroxylation is 1. The molecule has 0 aliphatic rings. The van der Waals surface area contributed by atoms with E-state index in [0.29, 0.717) is 5.92 Å². The summed E-state index contributed by atoms with van der Waals surface area (Å²) in [6.07, 6.45) is 1.74. The van der Waals surface area contributed by atoms with Crippen LogP contribution < -0.4 is 5.32 Å². The van der Waals surface area contributed by atoms with E-state index < -0.39 is 0 Å². The lowest BCUT2D eigenvalue weighted by atomic mass is 10.0. The van der Waals surface area contributed by atoms with Crippen LogP contribution in [0.1, 0.15) is 30.9 Å². The van der Waals surface area contributed by atoms with Crippen LogP contribution >= 0.6 is 12.4 Å². The fourth-order valence-corrected chi connectivity index (χ4v) is 1.60. The molecule has 3 nitrogen and oxygen atoms in total. The molecule has 0 aliphatic heterocycles. The van der Waals surface area contributed by atoms with Gasteiger partial charge in [0, 0.05) is 11.8 Å². The predicted molar refractivity (Wildman–Crippen MR) is 74.4 cm³/mol. The highest BCUT2D eigenvalue weighted by Gasteiger charge is 2.04. The van der Waals surface area contributed by atoms with E-state index in [4.69, 9.17) is 0 Å². The van der Waals surface area contributed by atoms with Crippen molar-refractivity contribution in [2.24, 2.45) is 0 Å². The number of anilines is 2. The molecule has 17 heavy (non-hydrogen) atoms. The van der Waals surface area contributed by atoms with Gasteiger partial charge in [0.1, 0.15) is 5.82 Å². The zero-order valence-corrected chi connectivity index (χ0v) is 11.1. The number of hydrogen-bond donors (Lipinski definition) is 2. The molecule has 0 bridgehead atoms. The van der Waals surface area contributed by atoms with Gasteiger partial charge in [0.25, 0.3) is 0 Å². The van der Waals surface area contributed by atoms with Crippen LogP contribution in [0.25, 0.3) is 0 Å². The SMILES string of the molecule is Cc1ccc(C(C)C)cc1Nc1ccn[nH]1.Cl. The first-order valence-electron chi connectivity index (χ1n) is 5.54. The number of aromatic nitrogens is 2. The molecule has 1 aromatic carbocycles. The highest BCUT2D eigenvalue weighted by molar-refractivity contribution is 5.85. The van der Waals surface area contributed by atoms with Gasteiger partial charge >= 0.3 is 0 Å². The van der Waals surface area contributed by atoms with Crippen molar-refractivity contribution in [3.63, 3.8) is 0 Å². The van der Waals surface area contributed by atoms with E-state index in [0.717, 1.165) is 11.5 Å². The van der Waals surface area contributed by atoms with Crippen LogP contribution in [0, 0.1) is 6.92 Å². The Balaban J connectivity index is 0.00000144. The largest absolute Gasteiger partial charge is 0.340 e. The first kappa shape index (κ1) is 13.6. The first-order valence-corrected chi connectivity index (χ1v) is 5.54. The topological polar surface area (TPSA) is 40.7 Å². The average molecular weight is 252 g/mol. The zero-order valence-electron chi connectivity index (χ0n) is 10.3. The number of halogens is 1. The van der Waals surface area contributed by atoms with Gasteiger partial charge in [-0.3, -0.25) is 5.10 Å². The van der Waals surface area contributed by atoms with E-state index in [-0.39, 0.29) is 12.4 Å². The van der Waals surface area contributed by atoms with Crippen molar-refractivity contribution in [3.05, 3.63) is 41.6 Å². The van der Waals surface area contributed by atoms with Crippen LogP contribution in [0.4, 0.5) is 11.5 Å². The van der Waals surface area contributed by atoms with Gasteiger partial charge in [-0.25, -0.2) is 0 Å². The van der Waals surface area contributed by atoms with Crippen LogP contribution in [0.5, 0.6) is 0 Å². The number of nitrogens with one attached hydrogen (secondary N) is 2. The number of benzene rings is 1. The maximum absolute atomic E-state index is 3.92. The molecule has 0 aliphatic carbocycles. The second-order valence-corrected chi connectivity index (χ2v) is 4.32. The Labute approximate surface area is 108 Å². The smallest absolute Gasteiger partial charge is 0.125 e. The monoisotopic (exact) mass is 251 g/mol. The van der Waals surface area contributed by atoms with Crippen molar-refractivity contribution < 1.29 is 0 Å². The van der Waals surface area contributed by atoms with Crippen LogP contribution in [0.3, 0.4) is 0 Å². The number of nitrogens with zero attached hydrogens (tertiary/aromatic N) is 1. The number of rotatable bonds is 3. The second kappa shape index (κ2) is 5.73. The summed E-state index contributed by atoms with van der Waals surface area (Å²) in [4.78, 5) is 0. The standard InChI is InChI=1S/C13H17N3.ClH/c1-9(2)11-5-4-10(3)12(8-11)15-13-6-7-14-16-13;/h4-9H,1-3H3,(H2,14,15,16);1H. The fourth-order valence-electron chi connectivity index (χ4n) is 1.60. The summed E-state index contributed by atoms with van der Waals surface area (Å²) in [5.41, 5.74) is 3.71. The Hall–Kier alpha value is -1.48. The van der Waals surface area contributed by atoms with Crippen LogP contribution in [-0.2, 0) is 0 Å². The summed E-state index contributed by atoms with van der Waals surface area (Å²) >= 11 is 0. The van der Waals surface area contributed by atoms with Gasteiger partial charge in [-0.05, 0) is 30.0 Å². The first-order chi connectivity index (χ1) is 7.66. The molecule has 4 heteroatoms. The molecular weight excluding hydrogens is 234 g/mol. The van der Waals surface area contributed by atoms with Crippen molar-refractivity contribution in [2.75, 3.05) is 5.32 Å². The Bertz CT molecular complexity index is 464. The predicted octanol–water partition coefficient (Wildman–Crippen LogP) is 4.01. The van der Waals surface area contributed by atoms with Gasteiger partial charge in [-0.15, -0.1) is 12.4 Å². The van der Waals surface area contributed by atoms with Gasteiger partial charge in [-0.2, -0.15) is 5.10 Å². The molecule has 2 rings (SSSR count). The maximum atomic E-state index is 3.92. The van der Waals surface area contributed by atoms with E-state index >= 15 is 0 Å². The lowest BCUT2D eigenvalue weighted by molar-refractivity contribution is 0.866. The quantitative estimate of drug-likeness (QED) is 0.866. The number of aromatic amines is 1. The Kier molecular flexibility index (Phi) is 4.58. The van der Waals surface area contributed by atoms with Crippen LogP contribution in [0.15, 0.2) is 30.5 Å². The lowest BCUT2D eigenvalue weighted by Crippen LogP contribution is -1.96. The van der Waals surface area contributed by atoms with Gasteiger partial charge in [0.2, 0.25) is 0 Å². The highest BCUT2D eigenvalue weighted by Crippen LogP contribution is 2.24. The van der Waals surface area contributed by atoms with Gasteiger partial charge in [0.15, 0.2) is 0 Å². The van der Waals surface area contributed by atoms with Crippen molar-refractivity contribution >= 4 is 23.9 Å². The molecule has 0 unspecified atom stereocenters. The molecule has 1 aromatic heterocycles. The van der Waals surface area contributed by atoms with Crippen molar-refractivity contribution in [1.82, 2.24) is 10.2 Å². The number of H-pyrrole nitrogens is 1. The molecule has 0 saturated carbocycles. The average Bonchev–Trinajstić information content (AvgIpc) is 2.73. The molecule has 1 heterocycles. The molecule has 0 amide bonds. The number of hydrogen-bond acceptors (Lipinski definition) is 2. The summed E-state index contributed by atoms with van der Waals surface area (Å²) < 4.78 is 0. The van der Waals surface area contributed by atoms with Crippen molar-refractivity contribution in [1.29, 1.82) is 0 Å². The fraction of sp³-hybridized carbons (Fsp3) is 0.308. The molecular formula is C13H18ClN3. The molecule has 92 valence electrons. The summed E-state index contributed by atoms with van der Waals surface area (Å²) in [7, 11) is 0. The normalized spacial score (nSPS) is 10.1. The van der Waals surface area contributed by atoms with Gasteiger partial charge in [-0.1, -0.05) is 26.0 Å². The Morgan fingerprint density at radius 3 is 2.59 bits per heavy atom. The van der Waals surface area contributed by atoms with E-state index in [9.17, 15) is 0 Å². The minimum absolute atomic E-state index is 0. The Morgan fingerprint density at radius 2 is 2.00 bits per heavy atom. The summed E-state index contributed by atoms with van der Waals surface area (Å²) in [5.74, 6) is 1.46. The second-order valence-electron chi connectivity index (χ2n) is 4.32. The maximum Gasteiger partial charge on any atom is 0.125 e. The third-order valence-corrected chi connectivity index (χ3v) is 2.70. The highest BCUT2D eigenvalue weighted by atomic mass is 35.5. The van der Waals surface area contributed by atoms with E-state index in [2.05, 4.69) is 54.5 Å². The third kappa shape index (κ3) is 3.24. The molecule has 2 N–H and O–H groups in total. The van der Waals surface area contributed by atoms with E-state index in [1.807, 2.05) is 6.07 Å². The van der Waals surface area contributed by atoms with Crippen molar-refractivity contribution in [3.8, 4) is 0 Å².